The molecule has 152 valence electrons. The first-order valence-corrected chi connectivity index (χ1v) is 9.07. The molecule has 0 unspecified atom stereocenters. The molecule has 0 saturated heterocycles. The summed E-state index contributed by atoms with van der Waals surface area (Å²) in [5, 5.41) is 19.6. The number of rotatable bonds is 2. The Hall–Kier alpha value is -3.76. The summed E-state index contributed by atoms with van der Waals surface area (Å²) in [6.45, 7) is 3.43. The number of amides is 1. The van der Waals surface area contributed by atoms with Gasteiger partial charge in [-0.3, -0.25) is 4.79 Å². The van der Waals surface area contributed by atoms with Crippen molar-refractivity contribution in [1.29, 1.82) is 0 Å². The maximum atomic E-state index is 14.5. The number of halogens is 3. The summed E-state index contributed by atoms with van der Waals surface area (Å²) >= 11 is 0. The van der Waals surface area contributed by atoms with Crippen molar-refractivity contribution >= 4 is 17.4 Å². The quantitative estimate of drug-likeness (QED) is 0.511. The molecule has 0 radical (unpaired) electrons. The van der Waals surface area contributed by atoms with E-state index in [4.69, 9.17) is 0 Å². The first-order valence-electron chi connectivity index (χ1n) is 9.07. The molecule has 8 nitrogen and oxygen atoms in total. The summed E-state index contributed by atoms with van der Waals surface area (Å²) in [5.74, 6) is -4.15. The fraction of sp³-hybridized carbons (Fsp3) is 0.211. The molecule has 1 N–H and O–H groups in total. The van der Waals surface area contributed by atoms with E-state index in [2.05, 4.69) is 25.7 Å². The molecule has 1 aromatic carbocycles. The average molecular weight is 413 g/mol. The van der Waals surface area contributed by atoms with E-state index in [-0.39, 0.29) is 12.0 Å². The maximum Gasteiger partial charge on any atom is 0.226 e. The molecule has 0 aliphatic carbocycles. The molecule has 30 heavy (non-hydrogen) atoms. The van der Waals surface area contributed by atoms with Crippen molar-refractivity contribution in [2.45, 2.75) is 26.2 Å². The van der Waals surface area contributed by atoms with Crippen molar-refractivity contribution in [3.8, 4) is 5.82 Å². The van der Waals surface area contributed by atoms with Crippen LogP contribution in [0, 0.1) is 31.3 Å². The molecule has 1 atom stereocenters. The first kappa shape index (κ1) is 18.3. The molecule has 5 rings (SSSR count). The number of aromatic nitrogens is 6. The number of carbonyl (C=O) groups is 1. The van der Waals surface area contributed by atoms with Crippen LogP contribution in [0.4, 0.5) is 19.0 Å². The van der Waals surface area contributed by atoms with Gasteiger partial charge in [-0.1, -0.05) is 6.07 Å². The lowest BCUT2D eigenvalue weighted by Gasteiger charge is -2.24. The standard InChI is InChI=1S/C19H14F3N7O/c1-8-16-11(10-3-4-12(20)18(22)17(10)21)7-15(30)23-19(16)29(26-8)14-6-5-13-25-24-9(2)28(13)27-14/h3-6,11H,7H2,1-2H3,(H,23,30)/t11-/m1/s1. The van der Waals surface area contributed by atoms with E-state index in [9.17, 15) is 18.0 Å². The Bertz CT molecular complexity index is 1340. The van der Waals surface area contributed by atoms with Crippen molar-refractivity contribution in [1.82, 2.24) is 29.6 Å². The van der Waals surface area contributed by atoms with Crippen LogP contribution in [-0.4, -0.2) is 35.5 Å². The van der Waals surface area contributed by atoms with Gasteiger partial charge in [0.05, 0.1) is 5.69 Å². The van der Waals surface area contributed by atoms with E-state index in [0.717, 1.165) is 12.1 Å². The van der Waals surface area contributed by atoms with Crippen molar-refractivity contribution in [3.63, 3.8) is 0 Å². The van der Waals surface area contributed by atoms with Gasteiger partial charge < -0.3 is 5.32 Å². The number of nitrogens with zero attached hydrogens (tertiary/aromatic N) is 6. The maximum absolute atomic E-state index is 14.5. The normalized spacial score (nSPS) is 16.0. The number of benzene rings is 1. The Labute approximate surface area is 167 Å². The van der Waals surface area contributed by atoms with Gasteiger partial charge in [-0.25, -0.2) is 13.2 Å². The van der Waals surface area contributed by atoms with Gasteiger partial charge >= 0.3 is 0 Å². The average Bonchev–Trinajstić information content (AvgIpc) is 3.25. The van der Waals surface area contributed by atoms with Gasteiger partial charge in [-0.05, 0) is 37.6 Å². The summed E-state index contributed by atoms with van der Waals surface area (Å²) < 4.78 is 44.7. The van der Waals surface area contributed by atoms with Crippen LogP contribution in [0.3, 0.4) is 0 Å². The summed E-state index contributed by atoms with van der Waals surface area (Å²) in [5.41, 5.74) is 1.45. The predicted molar refractivity (Wildman–Crippen MR) is 98.8 cm³/mol. The lowest BCUT2D eigenvalue weighted by Crippen LogP contribution is -2.26. The van der Waals surface area contributed by atoms with Crippen LogP contribution in [0.15, 0.2) is 24.3 Å². The van der Waals surface area contributed by atoms with Crippen LogP contribution in [0.5, 0.6) is 0 Å². The number of aryl methyl sites for hydroxylation is 2. The first-order chi connectivity index (χ1) is 14.3. The Morgan fingerprint density at radius 3 is 2.63 bits per heavy atom. The molecule has 0 spiro atoms. The summed E-state index contributed by atoms with van der Waals surface area (Å²) in [4.78, 5) is 12.4. The number of nitrogens with one attached hydrogen (secondary N) is 1. The zero-order valence-electron chi connectivity index (χ0n) is 15.8. The third-order valence-electron chi connectivity index (χ3n) is 5.16. The van der Waals surface area contributed by atoms with Crippen LogP contribution in [0.1, 0.15) is 35.0 Å². The molecule has 0 fully saturated rings. The molecule has 3 aromatic heterocycles. The second-order valence-corrected chi connectivity index (χ2v) is 7.04. The molecule has 4 aromatic rings. The van der Waals surface area contributed by atoms with E-state index in [1.54, 1.807) is 26.0 Å². The third kappa shape index (κ3) is 2.58. The Morgan fingerprint density at radius 2 is 1.83 bits per heavy atom. The lowest BCUT2D eigenvalue weighted by molar-refractivity contribution is -0.116. The van der Waals surface area contributed by atoms with E-state index in [0.29, 0.717) is 34.4 Å². The molecule has 4 heterocycles. The fourth-order valence-corrected chi connectivity index (χ4v) is 3.79. The monoisotopic (exact) mass is 413 g/mol. The van der Waals surface area contributed by atoms with Gasteiger partial charge in [0.2, 0.25) is 5.91 Å². The second-order valence-electron chi connectivity index (χ2n) is 7.04. The van der Waals surface area contributed by atoms with E-state index in [1.165, 1.54) is 9.20 Å². The fourth-order valence-electron chi connectivity index (χ4n) is 3.79. The predicted octanol–water partition coefficient (Wildman–Crippen LogP) is 2.82. The van der Waals surface area contributed by atoms with E-state index < -0.39 is 29.3 Å². The molecular formula is C19H14F3N7O. The van der Waals surface area contributed by atoms with E-state index >= 15 is 0 Å². The third-order valence-corrected chi connectivity index (χ3v) is 5.16. The largest absolute Gasteiger partial charge is 0.310 e. The molecule has 1 aliphatic rings. The minimum absolute atomic E-state index is 0.106. The van der Waals surface area contributed by atoms with Gasteiger partial charge in [0.15, 0.2) is 34.7 Å². The summed E-state index contributed by atoms with van der Waals surface area (Å²) in [6, 6.07) is 5.36. The molecule has 11 heteroatoms. The van der Waals surface area contributed by atoms with Gasteiger partial charge in [0.25, 0.3) is 0 Å². The molecule has 0 bridgehead atoms. The Morgan fingerprint density at radius 1 is 1.03 bits per heavy atom. The number of carbonyl (C=O) groups excluding carboxylic acids is 1. The highest BCUT2D eigenvalue weighted by Crippen LogP contribution is 2.41. The van der Waals surface area contributed by atoms with Crippen molar-refractivity contribution < 1.29 is 18.0 Å². The highest BCUT2D eigenvalue weighted by Gasteiger charge is 2.35. The smallest absolute Gasteiger partial charge is 0.226 e. The van der Waals surface area contributed by atoms with Gasteiger partial charge in [0.1, 0.15) is 5.82 Å². The zero-order valence-corrected chi connectivity index (χ0v) is 15.8. The minimum Gasteiger partial charge on any atom is -0.310 e. The molecule has 1 amide bonds. The van der Waals surface area contributed by atoms with Crippen molar-refractivity contribution in [3.05, 3.63) is 64.4 Å². The Kier molecular flexibility index (Phi) is 3.88. The molecule has 0 saturated carbocycles. The zero-order chi connectivity index (χ0) is 21.2. The van der Waals surface area contributed by atoms with E-state index in [1.807, 2.05) is 0 Å². The second kappa shape index (κ2) is 6.37. The van der Waals surface area contributed by atoms with Gasteiger partial charge in [-0.15, -0.1) is 15.3 Å². The highest BCUT2D eigenvalue weighted by molar-refractivity contribution is 5.95. The van der Waals surface area contributed by atoms with Gasteiger partial charge in [0, 0.05) is 17.9 Å². The van der Waals surface area contributed by atoms with Crippen LogP contribution >= 0.6 is 0 Å². The number of hydrogen-bond acceptors (Lipinski definition) is 5. The van der Waals surface area contributed by atoms with Crippen molar-refractivity contribution in [2.75, 3.05) is 5.32 Å². The molecule has 1 aliphatic heterocycles. The number of anilines is 1. The topological polar surface area (TPSA) is 90.0 Å². The minimum atomic E-state index is -1.57. The van der Waals surface area contributed by atoms with Crippen LogP contribution in [0.2, 0.25) is 0 Å². The van der Waals surface area contributed by atoms with Crippen molar-refractivity contribution in [2.24, 2.45) is 0 Å². The molecular weight excluding hydrogens is 399 g/mol. The van der Waals surface area contributed by atoms with Crippen LogP contribution in [-0.2, 0) is 4.79 Å². The number of fused-ring (bicyclic) bond motifs is 2. The Balaban J connectivity index is 1.70. The summed E-state index contributed by atoms with van der Waals surface area (Å²) in [7, 11) is 0. The summed E-state index contributed by atoms with van der Waals surface area (Å²) in [6.07, 6.45) is -0.126. The van der Waals surface area contributed by atoms with Crippen LogP contribution < -0.4 is 5.32 Å². The van der Waals surface area contributed by atoms with Gasteiger partial charge in [-0.2, -0.15) is 14.3 Å². The SMILES string of the molecule is Cc1nn(-c2ccc3nnc(C)n3n2)c2c1[C@@H](c1ccc(F)c(F)c1F)CC(=O)N2. The lowest BCUT2D eigenvalue weighted by atomic mass is 9.85. The van der Waals surface area contributed by atoms with Crippen LogP contribution in [0.25, 0.3) is 11.5 Å². The number of hydrogen-bond donors (Lipinski definition) is 1. The highest BCUT2D eigenvalue weighted by atomic mass is 19.2.